The van der Waals surface area contributed by atoms with Crippen LogP contribution in [0.5, 0.6) is 0 Å². The van der Waals surface area contributed by atoms with E-state index in [4.69, 9.17) is 11.6 Å². The number of thiophene rings is 2. The molecule has 3 nitrogen and oxygen atoms in total. The summed E-state index contributed by atoms with van der Waals surface area (Å²) in [6.45, 7) is 0.915. The second-order valence-electron chi connectivity index (χ2n) is 4.21. The molecule has 0 saturated carbocycles. The molecule has 0 aliphatic carbocycles. The molecule has 0 atom stereocenters. The van der Waals surface area contributed by atoms with Crippen LogP contribution >= 0.6 is 34.3 Å². The molecule has 0 amide bonds. The molecule has 19 heavy (non-hydrogen) atoms. The summed E-state index contributed by atoms with van der Waals surface area (Å²) in [5.41, 5.74) is 0. The van der Waals surface area contributed by atoms with Gasteiger partial charge in [-0.25, -0.2) is 4.98 Å². The number of halogens is 1. The lowest BCUT2D eigenvalue weighted by atomic mass is 10.3. The molecule has 0 N–H and O–H groups in total. The third kappa shape index (κ3) is 2.73. The van der Waals surface area contributed by atoms with E-state index in [2.05, 4.69) is 32.4 Å². The zero-order valence-electron chi connectivity index (χ0n) is 10.3. The van der Waals surface area contributed by atoms with Gasteiger partial charge in [0.2, 0.25) is 5.28 Å². The normalized spacial score (nSPS) is 11.1. The van der Waals surface area contributed by atoms with E-state index in [0.717, 1.165) is 29.0 Å². The molecule has 3 aromatic rings. The van der Waals surface area contributed by atoms with E-state index >= 15 is 0 Å². The Kier molecular flexibility index (Phi) is 3.68. The summed E-state index contributed by atoms with van der Waals surface area (Å²) in [5.74, 6) is 0.910. The van der Waals surface area contributed by atoms with Gasteiger partial charge in [0.1, 0.15) is 10.6 Å². The van der Waals surface area contributed by atoms with Gasteiger partial charge in [0.25, 0.3) is 0 Å². The largest absolute Gasteiger partial charge is 0.359 e. The van der Waals surface area contributed by atoms with Crippen LogP contribution in [-0.4, -0.2) is 23.6 Å². The van der Waals surface area contributed by atoms with Crippen molar-refractivity contribution in [2.45, 2.75) is 6.42 Å². The van der Waals surface area contributed by atoms with E-state index < -0.39 is 0 Å². The first-order valence-corrected chi connectivity index (χ1v) is 8.02. The number of hydrogen-bond acceptors (Lipinski definition) is 5. The van der Waals surface area contributed by atoms with Crippen LogP contribution in [-0.2, 0) is 6.42 Å². The minimum Gasteiger partial charge on any atom is -0.359 e. The lowest BCUT2D eigenvalue weighted by Gasteiger charge is -2.18. The van der Waals surface area contributed by atoms with Crippen LogP contribution in [0.2, 0.25) is 5.28 Å². The molecule has 0 spiro atoms. The van der Waals surface area contributed by atoms with Gasteiger partial charge in [-0.15, -0.1) is 22.7 Å². The highest BCUT2D eigenvalue weighted by atomic mass is 35.5. The second kappa shape index (κ2) is 5.45. The monoisotopic (exact) mass is 309 g/mol. The maximum absolute atomic E-state index is 5.98. The summed E-state index contributed by atoms with van der Waals surface area (Å²) in [6, 6.07) is 6.29. The lowest BCUT2D eigenvalue weighted by molar-refractivity contribution is 0.872. The first kappa shape index (κ1) is 12.8. The van der Waals surface area contributed by atoms with Gasteiger partial charge < -0.3 is 4.90 Å². The van der Waals surface area contributed by atoms with E-state index in [1.807, 2.05) is 18.5 Å². The topological polar surface area (TPSA) is 29.0 Å². The Morgan fingerprint density at radius 3 is 2.89 bits per heavy atom. The zero-order chi connectivity index (χ0) is 13.2. The van der Waals surface area contributed by atoms with Gasteiger partial charge in [-0.3, -0.25) is 0 Å². The van der Waals surface area contributed by atoms with E-state index in [-0.39, 0.29) is 0 Å². The molecule has 0 aliphatic rings. The van der Waals surface area contributed by atoms with Crippen molar-refractivity contribution >= 4 is 50.3 Å². The van der Waals surface area contributed by atoms with Crippen LogP contribution in [0.15, 0.2) is 29.0 Å². The number of rotatable bonds is 4. The molecule has 0 radical (unpaired) electrons. The Balaban J connectivity index is 1.84. The molecule has 0 aromatic carbocycles. The molecule has 0 unspecified atom stereocenters. The van der Waals surface area contributed by atoms with E-state index in [1.54, 1.807) is 22.7 Å². The molecule has 3 heterocycles. The van der Waals surface area contributed by atoms with Crippen molar-refractivity contribution in [1.82, 2.24) is 9.97 Å². The van der Waals surface area contributed by atoms with Crippen LogP contribution in [0.25, 0.3) is 10.2 Å². The summed E-state index contributed by atoms with van der Waals surface area (Å²) in [6.07, 6.45) is 1.02. The number of nitrogens with zero attached hydrogens (tertiary/aromatic N) is 3. The predicted octanol–water partition coefficient (Wildman–Crippen LogP) is 4.09. The van der Waals surface area contributed by atoms with E-state index in [0.29, 0.717) is 5.28 Å². The Morgan fingerprint density at radius 1 is 1.21 bits per heavy atom. The summed E-state index contributed by atoms with van der Waals surface area (Å²) in [5, 5.41) is 5.51. The highest BCUT2D eigenvalue weighted by Crippen LogP contribution is 2.28. The molecule has 3 aromatic heterocycles. The molecule has 6 heteroatoms. The minimum atomic E-state index is 0.313. The first-order chi connectivity index (χ1) is 9.24. The third-order valence-electron chi connectivity index (χ3n) is 2.91. The van der Waals surface area contributed by atoms with Crippen molar-refractivity contribution in [3.05, 3.63) is 39.1 Å². The highest BCUT2D eigenvalue weighted by molar-refractivity contribution is 7.16. The number of fused-ring (bicyclic) bond motifs is 1. The van der Waals surface area contributed by atoms with Crippen molar-refractivity contribution < 1.29 is 0 Å². The Hall–Kier alpha value is -1.17. The van der Waals surface area contributed by atoms with E-state index in [9.17, 15) is 0 Å². The molecule has 98 valence electrons. The average Bonchev–Trinajstić information content (AvgIpc) is 3.05. The van der Waals surface area contributed by atoms with E-state index in [1.165, 1.54) is 4.88 Å². The van der Waals surface area contributed by atoms with Crippen LogP contribution in [0, 0.1) is 0 Å². The van der Waals surface area contributed by atoms with Gasteiger partial charge in [0.15, 0.2) is 0 Å². The SMILES string of the molecule is CN(CCc1cccs1)c1nc(Cl)nc2sccc12. The fraction of sp³-hybridized carbons (Fsp3) is 0.231. The maximum atomic E-state index is 5.98. The number of anilines is 1. The average molecular weight is 310 g/mol. The molecule has 0 aliphatic heterocycles. The number of aromatic nitrogens is 2. The zero-order valence-corrected chi connectivity index (χ0v) is 12.7. The molecule has 0 saturated heterocycles. The minimum absolute atomic E-state index is 0.313. The van der Waals surface area contributed by atoms with Gasteiger partial charge in [0, 0.05) is 18.5 Å². The third-order valence-corrected chi connectivity index (χ3v) is 4.82. The lowest BCUT2D eigenvalue weighted by Crippen LogP contribution is -2.21. The fourth-order valence-corrected chi connectivity index (χ4v) is 3.62. The van der Waals surface area contributed by atoms with Crippen molar-refractivity contribution in [2.24, 2.45) is 0 Å². The van der Waals surface area contributed by atoms with Crippen molar-refractivity contribution in [1.29, 1.82) is 0 Å². The van der Waals surface area contributed by atoms with Crippen molar-refractivity contribution in [3.8, 4) is 0 Å². The van der Waals surface area contributed by atoms with Crippen LogP contribution in [0.3, 0.4) is 0 Å². The first-order valence-electron chi connectivity index (χ1n) is 5.88. The van der Waals surface area contributed by atoms with Crippen molar-refractivity contribution in [3.63, 3.8) is 0 Å². The molecular weight excluding hydrogens is 298 g/mol. The van der Waals surface area contributed by atoms with Gasteiger partial charge in [0.05, 0.1) is 5.39 Å². The van der Waals surface area contributed by atoms with Gasteiger partial charge >= 0.3 is 0 Å². The Bertz CT molecular complexity index is 678. The summed E-state index contributed by atoms with van der Waals surface area (Å²) in [7, 11) is 2.05. The fourth-order valence-electron chi connectivity index (χ4n) is 1.94. The van der Waals surface area contributed by atoms with Gasteiger partial charge in [-0.05, 0) is 40.9 Å². The predicted molar refractivity (Wildman–Crippen MR) is 83.7 cm³/mol. The highest BCUT2D eigenvalue weighted by Gasteiger charge is 2.12. The quantitative estimate of drug-likeness (QED) is 0.680. The van der Waals surface area contributed by atoms with Crippen LogP contribution in [0.4, 0.5) is 5.82 Å². The second-order valence-corrected chi connectivity index (χ2v) is 6.47. The van der Waals surface area contributed by atoms with Gasteiger partial charge in [-0.2, -0.15) is 4.98 Å². The standard InChI is InChI=1S/C13H12ClN3S2/c1-17(6-4-9-3-2-7-18-9)11-10-5-8-19-12(10)16-13(14)15-11/h2-3,5,7-8H,4,6H2,1H3. The van der Waals surface area contributed by atoms with Crippen LogP contribution in [0.1, 0.15) is 4.88 Å². The van der Waals surface area contributed by atoms with Gasteiger partial charge in [-0.1, -0.05) is 6.07 Å². The number of likely N-dealkylation sites (N-methyl/N-ethyl adjacent to an activating group) is 1. The van der Waals surface area contributed by atoms with Crippen molar-refractivity contribution in [2.75, 3.05) is 18.5 Å². The van der Waals surface area contributed by atoms with Crippen LogP contribution < -0.4 is 4.90 Å². The molecule has 0 fully saturated rings. The smallest absolute Gasteiger partial charge is 0.225 e. The maximum Gasteiger partial charge on any atom is 0.225 e. The molecular formula is C13H12ClN3S2. The Labute approximate surface area is 124 Å². The summed E-state index contributed by atoms with van der Waals surface area (Å²) >= 11 is 9.36. The molecule has 0 bridgehead atoms. The Morgan fingerprint density at radius 2 is 2.11 bits per heavy atom. The summed E-state index contributed by atoms with van der Waals surface area (Å²) < 4.78 is 0. The molecule has 3 rings (SSSR count). The number of hydrogen-bond donors (Lipinski definition) is 0. The summed E-state index contributed by atoms with van der Waals surface area (Å²) in [4.78, 5) is 13.1.